The van der Waals surface area contributed by atoms with Crippen LogP contribution in [0.3, 0.4) is 0 Å². The average Bonchev–Trinajstić information content (AvgIpc) is 2.47. The van der Waals surface area contributed by atoms with E-state index in [4.69, 9.17) is 39.0 Å². The van der Waals surface area contributed by atoms with Crippen LogP contribution in [-0.4, -0.2) is 12.1 Å². The number of rotatable bonds is 5. The van der Waals surface area contributed by atoms with Gasteiger partial charge in [0.25, 0.3) is 0 Å². The smallest absolute Gasteiger partial charge is 0.161 e. The number of halogens is 2. The Kier molecular flexibility index (Phi) is 4.98. The Morgan fingerprint density at radius 1 is 1.24 bits per heavy atom. The third kappa shape index (κ3) is 3.83. The zero-order chi connectivity index (χ0) is 15.4. The van der Waals surface area contributed by atoms with E-state index in [1.807, 2.05) is 0 Å². The Labute approximate surface area is 132 Å². The van der Waals surface area contributed by atoms with Crippen LogP contribution >= 0.6 is 23.8 Å². The minimum atomic E-state index is -0.367. The fraction of sp³-hybridized carbons (Fsp3) is 0.133. The van der Waals surface area contributed by atoms with E-state index < -0.39 is 0 Å². The van der Waals surface area contributed by atoms with E-state index in [2.05, 4.69) is 0 Å². The van der Waals surface area contributed by atoms with Crippen molar-refractivity contribution in [3.8, 4) is 11.5 Å². The van der Waals surface area contributed by atoms with Crippen LogP contribution in [0.4, 0.5) is 4.39 Å². The molecule has 0 radical (unpaired) electrons. The zero-order valence-electron chi connectivity index (χ0n) is 11.2. The molecule has 0 spiro atoms. The predicted molar refractivity (Wildman–Crippen MR) is 84.6 cm³/mol. The molecule has 0 amide bonds. The molecule has 3 nitrogen and oxygen atoms in total. The number of benzene rings is 2. The van der Waals surface area contributed by atoms with E-state index in [1.54, 1.807) is 18.2 Å². The van der Waals surface area contributed by atoms with Crippen molar-refractivity contribution in [2.75, 3.05) is 7.11 Å². The first-order valence-electron chi connectivity index (χ1n) is 6.06. The maximum atomic E-state index is 13.2. The Morgan fingerprint density at radius 2 is 2.00 bits per heavy atom. The van der Waals surface area contributed by atoms with Crippen LogP contribution in [0, 0.1) is 5.82 Å². The van der Waals surface area contributed by atoms with Crippen molar-refractivity contribution in [2.24, 2.45) is 5.73 Å². The minimum absolute atomic E-state index is 0.124. The van der Waals surface area contributed by atoms with Gasteiger partial charge in [-0.25, -0.2) is 4.39 Å². The summed E-state index contributed by atoms with van der Waals surface area (Å²) < 4.78 is 24.0. The van der Waals surface area contributed by atoms with Crippen molar-refractivity contribution in [2.45, 2.75) is 6.61 Å². The van der Waals surface area contributed by atoms with Crippen molar-refractivity contribution in [3.63, 3.8) is 0 Å². The van der Waals surface area contributed by atoms with Gasteiger partial charge in [0.1, 0.15) is 17.4 Å². The van der Waals surface area contributed by atoms with Crippen LogP contribution in [0.15, 0.2) is 36.4 Å². The molecule has 0 aliphatic heterocycles. The van der Waals surface area contributed by atoms with Gasteiger partial charge in [-0.15, -0.1) is 0 Å². The highest BCUT2D eigenvalue weighted by Gasteiger charge is 2.09. The fourth-order valence-electron chi connectivity index (χ4n) is 1.75. The molecule has 6 heteroatoms. The molecule has 2 rings (SSSR count). The third-order valence-electron chi connectivity index (χ3n) is 2.84. The van der Waals surface area contributed by atoms with Gasteiger partial charge in [-0.2, -0.15) is 0 Å². The van der Waals surface area contributed by atoms with Gasteiger partial charge in [0.15, 0.2) is 11.5 Å². The summed E-state index contributed by atoms with van der Waals surface area (Å²) >= 11 is 10.9. The van der Waals surface area contributed by atoms with Gasteiger partial charge in [0.2, 0.25) is 0 Å². The molecule has 2 N–H and O–H groups in total. The molecule has 0 aliphatic rings. The summed E-state index contributed by atoms with van der Waals surface area (Å²) in [5.74, 6) is 0.624. The van der Waals surface area contributed by atoms with Crippen LogP contribution in [0.5, 0.6) is 11.5 Å². The van der Waals surface area contributed by atoms with E-state index in [9.17, 15) is 4.39 Å². The van der Waals surface area contributed by atoms with Gasteiger partial charge < -0.3 is 15.2 Å². The SMILES string of the molecule is COc1cc(C(N)=S)ccc1OCc1cc(F)ccc1Cl. The lowest BCUT2D eigenvalue weighted by molar-refractivity contribution is 0.284. The minimum Gasteiger partial charge on any atom is -0.493 e. The number of thiocarbonyl (C=S) groups is 1. The standard InChI is InChI=1S/C15H13ClFNO2S/c1-19-14-7-9(15(18)21)2-5-13(14)20-8-10-6-11(17)3-4-12(10)16/h2-7H,8H2,1H3,(H2,18,21). The summed E-state index contributed by atoms with van der Waals surface area (Å²) in [6.07, 6.45) is 0. The molecule has 0 bridgehead atoms. The second-order valence-electron chi connectivity index (χ2n) is 4.25. The molecule has 21 heavy (non-hydrogen) atoms. The van der Waals surface area contributed by atoms with E-state index in [0.717, 1.165) is 0 Å². The number of nitrogens with two attached hydrogens (primary N) is 1. The van der Waals surface area contributed by atoms with Gasteiger partial charge in [-0.3, -0.25) is 0 Å². The number of hydrogen-bond donors (Lipinski definition) is 1. The molecule has 0 unspecified atom stereocenters. The summed E-state index contributed by atoms with van der Waals surface area (Å²) in [6.45, 7) is 0.124. The van der Waals surface area contributed by atoms with Gasteiger partial charge in [0.05, 0.1) is 7.11 Å². The monoisotopic (exact) mass is 325 g/mol. The highest BCUT2D eigenvalue weighted by molar-refractivity contribution is 7.80. The van der Waals surface area contributed by atoms with Crippen LogP contribution in [-0.2, 0) is 6.61 Å². The van der Waals surface area contributed by atoms with Gasteiger partial charge >= 0.3 is 0 Å². The largest absolute Gasteiger partial charge is 0.493 e. The lowest BCUT2D eigenvalue weighted by Crippen LogP contribution is -2.09. The van der Waals surface area contributed by atoms with Crippen LogP contribution < -0.4 is 15.2 Å². The molecule has 2 aromatic rings. The predicted octanol–water partition coefficient (Wildman–Crippen LogP) is 3.70. The summed E-state index contributed by atoms with van der Waals surface area (Å²) in [5.41, 5.74) is 6.80. The summed E-state index contributed by atoms with van der Waals surface area (Å²) in [4.78, 5) is 0.271. The van der Waals surface area contributed by atoms with Crippen molar-refractivity contribution < 1.29 is 13.9 Å². The summed E-state index contributed by atoms with van der Waals surface area (Å²) in [5, 5.41) is 0.440. The van der Waals surface area contributed by atoms with Gasteiger partial charge in [0, 0.05) is 16.1 Å². The number of hydrogen-bond acceptors (Lipinski definition) is 3. The topological polar surface area (TPSA) is 44.5 Å². The average molecular weight is 326 g/mol. The molecule has 0 aromatic heterocycles. The van der Waals surface area contributed by atoms with Gasteiger partial charge in [-0.1, -0.05) is 23.8 Å². The van der Waals surface area contributed by atoms with Crippen molar-refractivity contribution in [1.82, 2.24) is 0 Å². The molecule has 0 saturated carbocycles. The van der Waals surface area contributed by atoms with Crippen LogP contribution in [0.2, 0.25) is 5.02 Å². The summed E-state index contributed by atoms with van der Waals surface area (Å²) in [6, 6.07) is 9.23. The van der Waals surface area contributed by atoms with Crippen molar-refractivity contribution in [1.29, 1.82) is 0 Å². The second kappa shape index (κ2) is 6.74. The molecule has 110 valence electrons. The van der Waals surface area contributed by atoms with Crippen LogP contribution in [0.25, 0.3) is 0 Å². The quantitative estimate of drug-likeness (QED) is 0.851. The number of methoxy groups -OCH3 is 1. The highest BCUT2D eigenvalue weighted by Crippen LogP contribution is 2.29. The Hall–Kier alpha value is -1.85. The first-order valence-corrected chi connectivity index (χ1v) is 6.84. The molecule has 0 aliphatic carbocycles. The lowest BCUT2D eigenvalue weighted by Gasteiger charge is -2.12. The normalized spacial score (nSPS) is 10.2. The third-order valence-corrected chi connectivity index (χ3v) is 3.44. The maximum absolute atomic E-state index is 13.2. The molecule has 0 fully saturated rings. The lowest BCUT2D eigenvalue weighted by atomic mass is 10.2. The molecule has 0 heterocycles. The second-order valence-corrected chi connectivity index (χ2v) is 5.10. The van der Waals surface area contributed by atoms with E-state index >= 15 is 0 Å². The molecule has 0 atom stereocenters. The Balaban J connectivity index is 2.19. The number of ether oxygens (including phenoxy) is 2. The summed E-state index contributed by atoms with van der Waals surface area (Å²) in [7, 11) is 1.51. The van der Waals surface area contributed by atoms with Gasteiger partial charge in [-0.05, 0) is 36.4 Å². The van der Waals surface area contributed by atoms with E-state index in [-0.39, 0.29) is 17.4 Å². The molecule has 0 saturated heterocycles. The van der Waals surface area contributed by atoms with Crippen molar-refractivity contribution >= 4 is 28.8 Å². The Bertz CT molecular complexity index is 679. The molecule has 2 aromatic carbocycles. The van der Waals surface area contributed by atoms with E-state index in [0.29, 0.717) is 27.6 Å². The maximum Gasteiger partial charge on any atom is 0.161 e. The first kappa shape index (κ1) is 15.5. The highest BCUT2D eigenvalue weighted by atomic mass is 35.5. The molecular formula is C15H13ClFNO2S. The van der Waals surface area contributed by atoms with Crippen molar-refractivity contribution in [3.05, 3.63) is 58.4 Å². The molecular weight excluding hydrogens is 313 g/mol. The van der Waals surface area contributed by atoms with E-state index in [1.165, 1.54) is 25.3 Å². The first-order chi connectivity index (χ1) is 10.0. The Morgan fingerprint density at radius 3 is 2.67 bits per heavy atom. The zero-order valence-corrected chi connectivity index (χ0v) is 12.8. The van der Waals surface area contributed by atoms with Crippen LogP contribution in [0.1, 0.15) is 11.1 Å². The fourth-order valence-corrected chi connectivity index (χ4v) is 2.05.